The van der Waals surface area contributed by atoms with Crippen molar-refractivity contribution in [1.82, 2.24) is 10.3 Å². The van der Waals surface area contributed by atoms with E-state index in [1.807, 2.05) is 26.0 Å². The summed E-state index contributed by atoms with van der Waals surface area (Å²) in [7, 11) is 0. The van der Waals surface area contributed by atoms with E-state index in [1.54, 1.807) is 6.20 Å². The zero-order chi connectivity index (χ0) is 12.7. The van der Waals surface area contributed by atoms with Crippen LogP contribution in [-0.2, 0) is 4.79 Å². The minimum Gasteiger partial charge on any atom is -0.356 e. The zero-order valence-corrected chi connectivity index (χ0v) is 10.9. The Morgan fingerprint density at radius 1 is 1.47 bits per heavy atom. The summed E-state index contributed by atoms with van der Waals surface area (Å²) in [6, 6.07) is 4.02. The number of nitrogens with zero attached hydrogens (tertiary/aromatic N) is 2. The first kappa shape index (κ1) is 13.5. The van der Waals surface area contributed by atoms with E-state index < -0.39 is 0 Å². The first-order valence-electron chi connectivity index (χ1n) is 6.11. The van der Waals surface area contributed by atoms with Gasteiger partial charge in [-0.1, -0.05) is 0 Å². The van der Waals surface area contributed by atoms with Crippen molar-refractivity contribution < 1.29 is 4.79 Å². The molecule has 0 saturated carbocycles. The first-order valence-corrected chi connectivity index (χ1v) is 6.11. The van der Waals surface area contributed by atoms with E-state index >= 15 is 0 Å². The molecule has 0 aromatic carbocycles. The molecule has 0 spiro atoms. The second kappa shape index (κ2) is 6.89. The fourth-order valence-corrected chi connectivity index (χ4v) is 1.65. The van der Waals surface area contributed by atoms with Crippen molar-refractivity contribution in [2.24, 2.45) is 0 Å². The van der Waals surface area contributed by atoms with Crippen LogP contribution >= 0.6 is 0 Å². The number of pyridine rings is 1. The third-order valence-electron chi connectivity index (χ3n) is 2.59. The van der Waals surface area contributed by atoms with Gasteiger partial charge in [-0.05, 0) is 38.5 Å². The monoisotopic (exact) mass is 235 g/mol. The van der Waals surface area contributed by atoms with Gasteiger partial charge in [-0.25, -0.2) is 4.98 Å². The van der Waals surface area contributed by atoms with E-state index in [0.717, 1.165) is 12.4 Å². The van der Waals surface area contributed by atoms with E-state index in [4.69, 9.17) is 0 Å². The SMILES string of the molecule is CCNC(=O)CCN(CC)c1cc(C)ccn1. The van der Waals surface area contributed by atoms with Crippen molar-refractivity contribution in [3.63, 3.8) is 0 Å². The summed E-state index contributed by atoms with van der Waals surface area (Å²) in [6.45, 7) is 8.30. The number of carbonyl (C=O) groups is 1. The number of rotatable bonds is 6. The molecular weight excluding hydrogens is 214 g/mol. The second-order valence-electron chi connectivity index (χ2n) is 3.97. The van der Waals surface area contributed by atoms with Crippen molar-refractivity contribution in [3.05, 3.63) is 23.9 Å². The summed E-state index contributed by atoms with van der Waals surface area (Å²) in [5, 5.41) is 2.80. The van der Waals surface area contributed by atoms with Gasteiger partial charge in [0.15, 0.2) is 0 Å². The average molecular weight is 235 g/mol. The van der Waals surface area contributed by atoms with Gasteiger partial charge < -0.3 is 10.2 Å². The molecule has 0 saturated heterocycles. The standard InChI is InChI=1S/C13H21N3O/c1-4-14-13(17)7-9-16(5-2)12-10-11(3)6-8-15-12/h6,8,10H,4-5,7,9H2,1-3H3,(H,14,17). The van der Waals surface area contributed by atoms with Crippen molar-refractivity contribution in [3.8, 4) is 0 Å². The van der Waals surface area contributed by atoms with E-state index in [1.165, 1.54) is 5.56 Å². The lowest BCUT2D eigenvalue weighted by Crippen LogP contribution is -2.31. The molecule has 0 atom stereocenters. The van der Waals surface area contributed by atoms with E-state index in [0.29, 0.717) is 19.5 Å². The number of aromatic nitrogens is 1. The molecule has 0 aliphatic heterocycles. The summed E-state index contributed by atoms with van der Waals surface area (Å²) in [6.07, 6.45) is 2.32. The Morgan fingerprint density at radius 3 is 2.82 bits per heavy atom. The van der Waals surface area contributed by atoms with Crippen LogP contribution in [0.25, 0.3) is 0 Å². The van der Waals surface area contributed by atoms with Gasteiger partial charge in [0.05, 0.1) is 0 Å². The zero-order valence-electron chi connectivity index (χ0n) is 10.9. The number of aryl methyl sites for hydroxylation is 1. The van der Waals surface area contributed by atoms with Crippen LogP contribution in [0, 0.1) is 6.92 Å². The summed E-state index contributed by atoms with van der Waals surface area (Å²) in [4.78, 5) is 17.8. The third kappa shape index (κ3) is 4.43. The Morgan fingerprint density at radius 2 is 2.24 bits per heavy atom. The summed E-state index contributed by atoms with van der Waals surface area (Å²) in [5.74, 6) is 1.04. The number of hydrogen-bond donors (Lipinski definition) is 1. The molecule has 0 aliphatic rings. The Labute approximate surface area is 103 Å². The van der Waals surface area contributed by atoms with Crippen LogP contribution in [0.15, 0.2) is 18.3 Å². The topological polar surface area (TPSA) is 45.2 Å². The van der Waals surface area contributed by atoms with Gasteiger partial charge in [-0.3, -0.25) is 4.79 Å². The van der Waals surface area contributed by atoms with Gasteiger partial charge >= 0.3 is 0 Å². The van der Waals surface area contributed by atoms with Crippen LogP contribution in [0.2, 0.25) is 0 Å². The van der Waals surface area contributed by atoms with Crippen LogP contribution in [0.5, 0.6) is 0 Å². The number of nitrogens with one attached hydrogen (secondary N) is 1. The molecule has 0 aliphatic carbocycles. The van der Waals surface area contributed by atoms with Crippen LogP contribution in [-0.4, -0.2) is 30.5 Å². The quantitative estimate of drug-likeness (QED) is 0.817. The fourth-order valence-electron chi connectivity index (χ4n) is 1.65. The molecule has 1 amide bonds. The molecule has 4 heteroatoms. The van der Waals surface area contributed by atoms with Crippen LogP contribution < -0.4 is 10.2 Å². The molecule has 1 N–H and O–H groups in total. The van der Waals surface area contributed by atoms with E-state index in [-0.39, 0.29) is 5.91 Å². The number of carbonyl (C=O) groups excluding carboxylic acids is 1. The third-order valence-corrected chi connectivity index (χ3v) is 2.59. The smallest absolute Gasteiger partial charge is 0.221 e. The number of amides is 1. The Balaban J connectivity index is 2.57. The molecule has 0 unspecified atom stereocenters. The van der Waals surface area contributed by atoms with Crippen molar-refractivity contribution in [1.29, 1.82) is 0 Å². The lowest BCUT2D eigenvalue weighted by atomic mass is 10.2. The number of hydrogen-bond acceptors (Lipinski definition) is 3. The Bertz CT molecular complexity index is 365. The molecule has 94 valence electrons. The average Bonchev–Trinajstić information content (AvgIpc) is 2.30. The first-order chi connectivity index (χ1) is 8.17. The lowest BCUT2D eigenvalue weighted by Gasteiger charge is -2.21. The van der Waals surface area contributed by atoms with Crippen molar-refractivity contribution in [2.45, 2.75) is 27.2 Å². The van der Waals surface area contributed by atoms with Crippen molar-refractivity contribution >= 4 is 11.7 Å². The van der Waals surface area contributed by atoms with Crippen LogP contribution in [0.3, 0.4) is 0 Å². The molecule has 1 aromatic rings. The maximum Gasteiger partial charge on any atom is 0.221 e. The minimum atomic E-state index is 0.0959. The van der Waals surface area contributed by atoms with Gasteiger partial charge in [0.2, 0.25) is 5.91 Å². The summed E-state index contributed by atoms with van der Waals surface area (Å²) >= 11 is 0. The second-order valence-corrected chi connectivity index (χ2v) is 3.97. The van der Waals surface area contributed by atoms with Gasteiger partial charge in [0.25, 0.3) is 0 Å². The molecule has 0 bridgehead atoms. The van der Waals surface area contributed by atoms with Gasteiger partial charge in [-0.15, -0.1) is 0 Å². The van der Waals surface area contributed by atoms with Gasteiger partial charge in [0, 0.05) is 32.3 Å². The maximum atomic E-state index is 11.4. The highest BCUT2D eigenvalue weighted by molar-refractivity contribution is 5.76. The predicted molar refractivity (Wildman–Crippen MR) is 70.2 cm³/mol. The van der Waals surface area contributed by atoms with E-state index in [2.05, 4.69) is 22.1 Å². The minimum absolute atomic E-state index is 0.0959. The normalized spacial score (nSPS) is 10.1. The number of anilines is 1. The maximum absolute atomic E-state index is 11.4. The lowest BCUT2D eigenvalue weighted by molar-refractivity contribution is -0.120. The summed E-state index contributed by atoms with van der Waals surface area (Å²) < 4.78 is 0. The molecule has 1 heterocycles. The highest BCUT2D eigenvalue weighted by Gasteiger charge is 2.08. The van der Waals surface area contributed by atoms with Gasteiger partial charge in [-0.2, -0.15) is 0 Å². The molecule has 4 nitrogen and oxygen atoms in total. The van der Waals surface area contributed by atoms with Crippen LogP contribution in [0.4, 0.5) is 5.82 Å². The molecule has 0 radical (unpaired) electrons. The van der Waals surface area contributed by atoms with Crippen molar-refractivity contribution in [2.75, 3.05) is 24.5 Å². The molecule has 17 heavy (non-hydrogen) atoms. The Hall–Kier alpha value is -1.58. The fraction of sp³-hybridized carbons (Fsp3) is 0.538. The molecule has 1 rings (SSSR count). The largest absolute Gasteiger partial charge is 0.356 e. The van der Waals surface area contributed by atoms with E-state index in [9.17, 15) is 4.79 Å². The van der Waals surface area contributed by atoms with Crippen LogP contribution in [0.1, 0.15) is 25.8 Å². The highest BCUT2D eigenvalue weighted by atomic mass is 16.1. The predicted octanol–water partition coefficient (Wildman–Crippen LogP) is 1.74. The molecule has 0 fully saturated rings. The molecule has 1 aromatic heterocycles. The Kier molecular flexibility index (Phi) is 5.46. The molecular formula is C13H21N3O. The van der Waals surface area contributed by atoms with Gasteiger partial charge in [0.1, 0.15) is 5.82 Å². The highest BCUT2D eigenvalue weighted by Crippen LogP contribution is 2.12. The summed E-state index contributed by atoms with van der Waals surface area (Å²) in [5.41, 5.74) is 1.19.